The summed E-state index contributed by atoms with van der Waals surface area (Å²) in [5.74, 6) is 0.531. The van der Waals surface area contributed by atoms with Gasteiger partial charge in [0, 0.05) is 32.5 Å². The molecule has 0 bridgehead atoms. The van der Waals surface area contributed by atoms with E-state index in [1.54, 1.807) is 19.3 Å². The molecule has 1 aliphatic carbocycles. The molecule has 0 unspecified atom stereocenters. The average Bonchev–Trinajstić information content (AvgIpc) is 3.20. The zero-order chi connectivity index (χ0) is 13.9. The highest BCUT2D eigenvalue weighted by molar-refractivity contribution is 7.89. The number of nitrogens with one attached hydrogen (secondary N) is 1. The number of nitrogens with zero attached hydrogens (tertiary/aromatic N) is 2. The van der Waals surface area contributed by atoms with Crippen LogP contribution in [0.2, 0.25) is 0 Å². The van der Waals surface area contributed by atoms with Gasteiger partial charge in [0.2, 0.25) is 10.0 Å². The highest BCUT2D eigenvalue weighted by Gasteiger charge is 2.30. The SMILES string of the molecule is CCCNc1ccncc1S(=O)(=O)N(C)CC1CC1. The van der Waals surface area contributed by atoms with Crippen molar-refractivity contribution >= 4 is 15.7 Å². The summed E-state index contributed by atoms with van der Waals surface area (Å²) < 4.78 is 26.5. The van der Waals surface area contributed by atoms with Crippen molar-refractivity contribution in [1.29, 1.82) is 0 Å². The van der Waals surface area contributed by atoms with Crippen LogP contribution in [0, 0.1) is 5.92 Å². The normalized spacial score (nSPS) is 15.7. The third kappa shape index (κ3) is 3.45. The molecule has 1 aromatic heterocycles. The summed E-state index contributed by atoms with van der Waals surface area (Å²) >= 11 is 0. The first-order chi connectivity index (χ1) is 9.05. The van der Waals surface area contributed by atoms with Crippen LogP contribution in [0.1, 0.15) is 26.2 Å². The van der Waals surface area contributed by atoms with Crippen LogP contribution in [0.4, 0.5) is 5.69 Å². The van der Waals surface area contributed by atoms with Gasteiger partial charge in [-0.1, -0.05) is 6.92 Å². The number of sulfonamides is 1. The van der Waals surface area contributed by atoms with Gasteiger partial charge in [0.25, 0.3) is 0 Å². The average molecular weight is 283 g/mol. The number of aromatic nitrogens is 1. The van der Waals surface area contributed by atoms with E-state index in [4.69, 9.17) is 0 Å². The maximum Gasteiger partial charge on any atom is 0.246 e. The highest BCUT2D eigenvalue weighted by Crippen LogP contribution is 2.31. The fourth-order valence-corrected chi connectivity index (χ4v) is 3.28. The van der Waals surface area contributed by atoms with Gasteiger partial charge in [0.15, 0.2) is 0 Å². The van der Waals surface area contributed by atoms with Crippen molar-refractivity contribution in [1.82, 2.24) is 9.29 Å². The molecule has 0 atom stereocenters. The second kappa shape index (κ2) is 5.88. The number of hydrogen-bond donors (Lipinski definition) is 1. The lowest BCUT2D eigenvalue weighted by Crippen LogP contribution is -2.29. The fraction of sp³-hybridized carbons (Fsp3) is 0.615. The lowest BCUT2D eigenvalue weighted by Gasteiger charge is -2.19. The first-order valence-corrected chi connectivity index (χ1v) is 8.14. The summed E-state index contributed by atoms with van der Waals surface area (Å²) in [7, 11) is -1.80. The minimum Gasteiger partial charge on any atom is -0.384 e. The molecule has 1 fully saturated rings. The third-order valence-electron chi connectivity index (χ3n) is 3.25. The Balaban J connectivity index is 2.22. The molecule has 5 nitrogen and oxygen atoms in total. The molecule has 0 aromatic carbocycles. The van der Waals surface area contributed by atoms with E-state index in [9.17, 15) is 8.42 Å². The third-order valence-corrected chi connectivity index (χ3v) is 5.10. The molecule has 6 heteroatoms. The number of pyridine rings is 1. The van der Waals surface area contributed by atoms with Crippen LogP contribution in [-0.4, -0.2) is 37.8 Å². The quantitative estimate of drug-likeness (QED) is 0.830. The molecular weight excluding hydrogens is 262 g/mol. The molecule has 1 aliphatic rings. The summed E-state index contributed by atoms with van der Waals surface area (Å²) in [6.45, 7) is 3.39. The van der Waals surface area contributed by atoms with Gasteiger partial charge in [0.05, 0.1) is 5.69 Å². The number of rotatable bonds is 7. The molecule has 1 saturated carbocycles. The van der Waals surface area contributed by atoms with Crippen molar-refractivity contribution in [2.75, 3.05) is 25.5 Å². The first kappa shape index (κ1) is 14.3. The van der Waals surface area contributed by atoms with Crippen molar-refractivity contribution in [2.45, 2.75) is 31.1 Å². The molecule has 1 N–H and O–H groups in total. The maximum absolute atomic E-state index is 12.5. The summed E-state index contributed by atoms with van der Waals surface area (Å²) in [6, 6.07) is 1.72. The van der Waals surface area contributed by atoms with Gasteiger partial charge in [-0.15, -0.1) is 0 Å². The molecule has 1 aromatic rings. The summed E-state index contributed by atoms with van der Waals surface area (Å²) in [5.41, 5.74) is 0.638. The predicted octanol–water partition coefficient (Wildman–Crippen LogP) is 1.93. The molecule has 0 amide bonds. The minimum absolute atomic E-state index is 0.270. The predicted molar refractivity (Wildman–Crippen MR) is 75.6 cm³/mol. The molecular formula is C13H21N3O2S. The van der Waals surface area contributed by atoms with Crippen molar-refractivity contribution in [3.63, 3.8) is 0 Å². The van der Waals surface area contributed by atoms with E-state index in [1.165, 1.54) is 10.5 Å². The molecule has 0 spiro atoms. The molecule has 106 valence electrons. The fourth-order valence-electron chi connectivity index (χ4n) is 1.92. The van der Waals surface area contributed by atoms with E-state index >= 15 is 0 Å². The summed E-state index contributed by atoms with van der Waals surface area (Å²) in [5, 5.41) is 3.15. The number of anilines is 1. The van der Waals surface area contributed by atoms with Crippen LogP contribution in [0.15, 0.2) is 23.4 Å². The van der Waals surface area contributed by atoms with E-state index in [2.05, 4.69) is 10.3 Å². The van der Waals surface area contributed by atoms with E-state index in [-0.39, 0.29) is 4.90 Å². The Morgan fingerprint density at radius 2 is 2.21 bits per heavy atom. The zero-order valence-corrected chi connectivity index (χ0v) is 12.3. The molecule has 0 aliphatic heterocycles. The summed E-state index contributed by atoms with van der Waals surface area (Å²) in [4.78, 5) is 4.22. The van der Waals surface area contributed by atoms with Crippen LogP contribution in [0.25, 0.3) is 0 Å². The van der Waals surface area contributed by atoms with Crippen LogP contribution >= 0.6 is 0 Å². The largest absolute Gasteiger partial charge is 0.384 e. The Hall–Kier alpha value is -1.14. The topological polar surface area (TPSA) is 62.3 Å². The van der Waals surface area contributed by atoms with Gasteiger partial charge in [0.1, 0.15) is 4.90 Å². The van der Waals surface area contributed by atoms with Crippen LogP contribution in [-0.2, 0) is 10.0 Å². The van der Waals surface area contributed by atoms with E-state index in [1.807, 2.05) is 6.92 Å². The lowest BCUT2D eigenvalue weighted by molar-refractivity contribution is 0.453. The Kier molecular flexibility index (Phi) is 4.42. The lowest BCUT2D eigenvalue weighted by atomic mass is 10.4. The van der Waals surface area contributed by atoms with Gasteiger partial charge in [-0.05, 0) is 31.2 Å². The Bertz CT molecular complexity index is 526. The molecule has 0 saturated heterocycles. The van der Waals surface area contributed by atoms with Gasteiger partial charge >= 0.3 is 0 Å². The van der Waals surface area contributed by atoms with Crippen LogP contribution in [0.3, 0.4) is 0 Å². The summed E-state index contributed by atoms with van der Waals surface area (Å²) in [6.07, 6.45) is 6.25. The van der Waals surface area contributed by atoms with E-state index in [0.717, 1.165) is 25.8 Å². The Morgan fingerprint density at radius 1 is 1.47 bits per heavy atom. The van der Waals surface area contributed by atoms with Crippen molar-refractivity contribution < 1.29 is 8.42 Å². The van der Waals surface area contributed by atoms with Crippen molar-refractivity contribution in [3.8, 4) is 0 Å². The minimum atomic E-state index is -3.45. The standard InChI is InChI=1S/C13H21N3O2S/c1-3-7-15-12-6-8-14-9-13(12)19(17,18)16(2)10-11-4-5-11/h6,8-9,11H,3-5,7,10H2,1-2H3,(H,14,15). The van der Waals surface area contributed by atoms with Crippen molar-refractivity contribution in [3.05, 3.63) is 18.5 Å². The monoisotopic (exact) mass is 283 g/mol. The number of hydrogen-bond acceptors (Lipinski definition) is 4. The molecule has 1 heterocycles. The molecule has 2 rings (SSSR count). The smallest absolute Gasteiger partial charge is 0.246 e. The second-order valence-electron chi connectivity index (χ2n) is 5.03. The van der Waals surface area contributed by atoms with Gasteiger partial charge < -0.3 is 5.32 Å². The zero-order valence-electron chi connectivity index (χ0n) is 11.5. The van der Waals surface area contributed by atoms with Crippen molar-refractivity contribution in [2.24, 2.45) is 5.92 Å². The van der Waals surface area contributed by atoms with Gasteiger partial charge in [-0.2, -0.15) is 0 Å². The van der Waals surface area contributed by atoms with Gasteiger partial charge in [-0.3, -0.25) is 4.98 Å². The van der Waals surface area contributed by atoms with E-state index in [0.29, 0.717) is 18.2 Å². The molecule has 19 heavy (non-hydrogen) atoms. The molecule has 0 radical (unpaired) electrons. The van der Waals surface area contributed by atoms with E-state index < -0.39 is 10.0 Å². The second-order valence-corrected chi connectivity index (χ2v) is 7.04. The van der Waals surface area contributed by atoms with Crippen LogP contribution in [0.5, 0.6) is 0 Å². The first-order valence-electron chi connectivity index (χ1n) is 6.70. The highest BCUT2D eigenvalue weighted by atomic mass is 32.2. The van der Waals surface area contributed by atoms with Gasteiger partial charge in [-0.25, -0.2) is 12.7 Å². The van der Waals surface area contributed by atoms with Crippen LogP contribution < -0.4 is 5.32 Å². The maximum atomic E-state index is 12.5. The Morgan fingerprint density at radius 3 is 2.84 bits per heavy atom. The Labute approximate surface area is 115 Å².